The van der Waals surface area contributed by atoms with Crippen molar-refractivity contribution in [2.24, 2.45) is 33.1 Å². The largest absolute Gasteiger partial charge is 0.487 e. The minimum Gasteiger partial charge on any atom is -0.487 e. The monoisotopic (exact) mass is 1100 g/mol. The molecular formula is C51H81N11O12S2. The molecule has 0 fully saturated rings. The second kappa shape index (κ2) is 24.4. The first-order valence-electron chi connectivity index (χ1n) is 25.3. The van der Waals surface area contributed by atoms with Crippen LogP contribution in [0.2, 0.25) is 0 Å². The minimum atomic E-state index is -4.21. The van der Waals surface area contributed by atoms with Crippen LogP contribution in [-0.4, -0.2) is 119 Å². The summed E-state index contributed by atoms with van der Waals surface area (Å²) in [4.78, 5) is 74.6. The number of benzene rings is 2. The molecule has 2 aliphatic heterocycles. The lowest BCUT2D eigenvalue weighted by Gasteiger charge is -2.23. The van der Waals surface area contributed by atoms with E-state index in [0.29, 0.717) is 57.7 Å². The number of nitrogens with one attached hydrogen (secondary N) is 6. The number of carbonyl (C=O) groups is 5. The lowest BCUT2D eigenvalue weighted by atomic mass is 9.94. The zero-order chi connectivity index (χ0) is 57.6. The standard InChI is InChI=1S/C51H81N11O12S2/c1-26(2)39(52)46(67)60-36(19-17-21-56-48(54)62-76(70,71)43-30(6)28(4)41-34(32(43)8)23-51(14,15)74-41)45(66)57-24-37(63)59-35(44(65)58-25-38(64)72-49(9,10)11)18-16-20-55-47(53)61-75(68,69)42-29(5)27(3)40-33(31(42)7)22-50(12,13)73-40/h26,35-36,39H,16-25,52H2,1-15H3,(H,57,66)(H,58,65)(H,59,63)(H,60,67)(H3,53,55,61)(H3,54,56,62)/t35-,36-,39-/m0/s1. The number of rotatable bonds is 22. The van der Waals surface area contributed by atoms with Crippen molar-refractivity contribution in [2.45, 2.75) is 187 Å². The van der Waals surface area contributed by atoms with E-state index in [1.807, 2.05) is 27.7 Å². The first-order chi connectivity index (χ1) is 34.9. The summed E-state index contributed by atoms with van der Waals surface area (Å²) in [6.07, 6.45) is 1.11. The fraction of sp³-hybridized carbons (Fsp3) is 0.627. The molecule has 0 aromatic heterocycles. The first-order valence-corrected chi connectivity index (χ1v) is 28.3. The molecule has 2 aromatic carbocycles. The Morgan fingerprint density at radius 1 is 0.632 bits per heavy atom. The van der Waals surface area contributed by atoms with Crippen molar-refractivity contribution in [1.29, 1.82) is 0 Å². The van der Waals surface area contributed by atoms with E-state index in [1.165, 1.54) is 0 Å². The Balaban J connectivity index is 1.43. The number of esters is 1. The van der Waals surface area contributed by atoms with Crippen LogP contribution >= 0.6 is 0 Å². The van der Waals surface area contributed by atoms with E-state index in [2.05, 4.69) is 40.7 Å². The molecule has 3 atom stereocenters. The SMILES string of the molecule is Cc1c(C)c(S(=O)(=O)NC(N)=NCCC[C@H](NC(=O)CNC(=O)[C@H](CCCN=C(N)NS(=O)(=O)c2c(C)c(C)c3c(c2C)CC(C)(C)O3)NC(=O)[C@@H](N)C(C)C)C(=O)NCC(=O)OC(C)(C)C)c(C)c2c1OC(C)(C)C2. The zero-order valence-corrected chi connectivity index (χ0v) is 48.4. The van der Waals surface area contributed by atoms with Crippen LogP contribution in [0.25, 0.3) is 0 Å². The first kappa shape index (κ1) is 62.3. The number of hydrogen-bond acceptors (Lipinski definition) is 15. The van der Waals surface area contributed by atoms with Gasteiger partial charge in [0.2, 0.25) is 35.5 Å². The van der Waals surface area contributed by atoms with E-state index in [0.717, 1.165) is 11.1 Å². The van der Waals surface area contributed by atoms with Crippen LogP contribution in [0.5, 0.6) is 11.5 Å². The fourth-order valence-electron chi connectivity index (χ4n) is 9.03. The number of ether oxygens (including phenoxy) is 3. The summed E-state index contributed by atoms with van der Waals surface area (Å²) in [7, 11) is -8.40. The Morgan fingerprint density at radius 3 is 1.42 bits per heavy atom. The van der Waals surface area contributed by atoms with Gasteiger partial charge in [-0.15, -0.1) is 0 Å². The molecular weight excluding hydrogens is 1020 g/mol. The number of carbonyl (C=O) groups excluding carboxylic acids is 5. The normalized spacial score (nSPS) is 16.3. The summed E-state index contributed by atoms with van der Waals surface area (Å²) < 4.78 is 77.1. The van der Waals surface area contributed by atoms with E-state index < -0.39 is 110 Å². The Kier molecular flexibility index (Phi) is 20.0. The molecule has 0 bridgehead atoms. The van der Waals surface area contributed by atoms with Gasteiger partial charge in [0.15, 0.2) is 0 Å². The van der Waals surface area contributed by atoms with Crippen LogP contribution in [-0.2, 0) is 61.6 Å². The number of sulfonamides is 2. The number of nitrogens with zero attached hydrogens (tertiary/aromatic N) is 2. The van der Waals surface area contributed by atoms with Gasteiger partial charge >= 0.3 is 5.97 Å². The van der Waals surface area contributed by atoms with E-state index >= 15 is 0 Å². The third kappa shape index (κ3) is 16.2. The molecule has 2 aromatic rings. The topological polar surface area (TPSA) is 356 Å². The van der Waals surface area contributed by atoms with Gasteiger partial charge in [0, 0.05) is 37.1 Å². The zero-order valence-electron chi connectivity index (χ0n) is 46.7. The molecule has 424 valence electrons. The average Bonchev–Trinajstić information content (AvgIpc) is 3.81. The van der Waals surface area contributed by atoms with Crippen molar-refractivity contribution in [3.8, 4) is 11.5 Å². The van der Waals surface area contributed by atoms with E-state index in [4.69, 9.17) is 31.4 Å². The van der Waals surface area contributed by atoms with Gasteiger partial charge in [0.05, 0.1) is 22.4 Å². The predicted octanol–water partition coefficient (Wildman–Crippen LogP) is 1.94. The molecule has 0 saturated carbocycles. The summed E-state index contributed by atoms with van der Waals surface area (Å²) in [5.41, 5.74) is 21.5. The Hall–Kier alpha value is -6.21. The molecule has 12 N–H and O–H groups in total. The van der Waals surface area contributed by atoms with E-state index in [1.54, 1.807) is 76.2 Å². The molecule has 0 saturated heterocycles. The van der Waals surface area contributed by atoms with Gasteiger partial charge < -0.3 is 52.7 Å². The molecule has 0 spiro atoms. The molecule has 0 unspecified atom stereocenters. The maximum atomic E-state index is 13.7. The Labute approximate surface area is 447 Å². The Bertz CT molecular complexity index is 2870. The van der Waals surface area contributed by atoms with Crippen LogP contribution in [0.1, 0.15) is 133 Å². The van der Waals surface area contributed by atoms with Gasteiger partial charge in [-0.25, -0.2) is 26.3 Å². The number of hydrogen-bond donors (Lipinski definition) is 9. The van der Waals surface area contributed by atoms with Gasteiger partial charge in [-0.2, -0.15) is 0 Å². The van der Waals surface area contributed by atoms with Gasteiger partial charge in [-0.3, -0.25) is 34.0 Å². The van der Waals surface area contributed by atoms with Crippen LogP contribution < -0.4 is 57.4 Å². The average molecular weight is 1100 g/mol. The predicted molar refractivity (Wildman–Crippen MR) is 289 cm³/mol. The molecule has 25 heteroatoms. The number of guanidine groups is 2. The van der Waals surface area contributed by atoms with Gasteiger partial charge in [-0.1, -0.05) is 13.8 Å². The van der Waals surface area contributed by atoms with Crippen molar-refractivity contribution in [3.63, 3.8) is 0 Å². The van der Waals surface area contributed by atoms with Gasteiger partial charge in [0.25, 0.3) is 20.0 Å². The fourth-order valence-corrected chi connectivity index (χ4v) is 12.1. The second-order valence-corrected chi connectivity index (χ2v) is 25.3. The van der Waals surface area contributed by atoms with Crippen molar-refractivity contribution in [2.75, 3.05) is 26.2 Å². The van der Waals surface area contributed by atoms with Crippen molar-refractivity contribution >= 4 is 61.6 Å². The summed E-state index contributed by atoms with van der Waals surface area (Å²) in [6.45, 7) is 25.2. The third-order valence-electron chi connectivity index (χ3n) is 13.0. The number of aliphatic imine (C=N–C) groups is 2. The lowest BCUT2D eigenvalue weighted by molar-refractivity contribution is -0.154. The van der Waals surface area contributed by atoms with Crippen LogP contribution in [0.15, 0.2) is 19.8 Å². The molecule has 76 heavy (non-hydrogen) atoms. The summed E-state index contributed by atoms with van der Waals surface area (Å²) >= 11 is 0. The quantitative estimate of drug-likeness (QED) is 0.0352. The molecule has 2 heterocycles. The van der Waals surface area contributed by atoms with Crippen molar-refractivity contribution in [1.82, 2.24) is 30.7 Å². The highest BCUT2D eigenvalue weighted by Crippen LogP contribution is 2.45. The molecule has 4 amide bonds. The summed E-state index contributed by atoms with van der Waals surface area (Å²) in [5, 5.41) is 10.1. The molecule has 4 rings (SSSR count). The highest BCUT2D eigenvalue weighted by molar-refractivity contribution is 7.90. The highest BCUT2D eigenvalue weighted by Gasteiger charge is 2.39. The van der Waals surface area contributed by atoms with E-state index in [9.17, 15) is 40.8 Å². The molecule has 23 nitrogen and oxygen atoms in total. The van der Waals surface area contributed by atoms with Crippen LogP contribution in [0.3, 0.4) is 0 Å². The van der Waals surface area contributed by atoms with Gasteiger partial charge in [-0.05, 0) is 155 Å². The number of fused-ring (bicyclic) bond motifs is 2. The Morgan fingerprint density at radius 2 is 1.03 bits per heavy atom. The maximum absolute atomic E-state index is 13.7. The minimum absolute atomic E-state index is 0.0411. The van der Waals surface area contributed by atoms with Crippen molar-refractivity contribution < 1.29 is 55.0 Å². The van der Waals surface area contributed by atoms with Crippen LogP contribution in [0, 0.1) is 47.5 Å². The maximum Gasteiger partial charge on any atom is 0.325 e. The third-order valence-corrected chi connectivity index (χ3v) is 16.3. The van der Waals surface area contributed by atoms with Gasteiger partial charge in [0.1, 0.15) is 46.9 Å². The summed E-state index contributed by atoms with van der Waals surface area (Å²) in [6, 6.07) is -3.51. The summed E-state index contributed by atoms with van der Waals surface area (Å²) in [5.74, 6) is -3.51. The molecule has 0 aliphatic carbocycles. The lowest BCUT2D eigenvalue weighted by Crippen LogP contribution is -2.55. The second-order valence-electron chi connectivity index (χ2n) is 22.1. The van der Waals surface area contributed by atoms with Crippen molar-refractivity contribution in [3.05, 3.63) is 44.5 Å². The number of amides is 4. The smallest absolute Gasteiger partial charge is 0.325 e. The molecule has 0 radical (unpaired) electrons. The number of nitrogens with two attached hydrogens (primary N) is 3. The van der Waals surface area contributed by atoms with E-state index in [-0.39, 0.29) is 54.5 Å². The molecule has 2 aliphatic rings. The van der Waals surface area contributed by atoms with Crippen LogP contribution in [0.4, 0.5) is 0 Å². The highest BCUT2D eigenvalue weighted by atomic mass is 32.2.